The number of hydrogen-bond acceptors (Lipinski definition) is 3. The SMILES string of the molecule is C.Cc1ccc(C(F)(F)F)c(Cl)c1.Cc1ccc(C)c(C(F)(F)F)c1.Cc1ccc(C)c(C(F)(F)F)c1.Cc1ccc(C)c(Cl)c1.Cc1ccc(C)c(Cl)c1.Cc1ccc(C)c(Cl)c1.Cc1ccc(Cl)c(Cl)c1F.Cc1ccc(F)c(Cl)c1F.Cc1ccc(OC(C)(F)F)c(Cl)c1.Cc1ccc2c(c1)C=NC2.Cc1ccc2cccn2c1.Cc1ccc2ccsc2c1.Cc1cccc(Cl)c1F.Cc1ccn2cccc2c1. The second-order valence-corrected chi connectivity index (χ2v) is 38.3. The highest BCUT2D eigenvalue weighted by atomic mass is 35.5. The minimum absolute atomic E-state index is 0. The van der Waals surface area contributed by atoms with Crippen LogP contribution in [-0.2, 0) is 25.1 Å². The third kappa shape index (κ3) is 45.1. The summed E-state index contributed by atoms with van der Waals surface area (Å²) in [5.74, 6) is -2.15. The largest absolute Gasteiger partial charge is 0.431 e. The van der Waals surface area contributed by atoms with E-state index in [2.05, 4.69) is 186 Å². The Morgan fingerprint density at radius 2 is 0.699 bits per heavy atom. The Hall–Kier alpha value is -10.9. The van der Waals surface area contributed by atoms with Crippen LogP contribution in [0.3, 0.4) is 0 Å². The molecule has 0 aliphatic carbocycles. The number of benzene rings is 12. The van der Waals surface area contributed by atoms with Gasteiger partial charge in [0.1, 0.15) is 34.0 Å². The first-order chi connectivity index (χ1) is 67.6. The number of alkyl halides is 11. The fraction of sp³-hybridized carbons (Fsp3) is 0.222. The zero-order valence-corrected chi connectivity index (χ0v) is 90.8. The van der Waals surface area contributed by atoms with Crippen molar-refractivity contribution < 1.29 is 70.6 Å². The van der Waals surface area contributed by atoms with Crippen LogP contribution in [0.25, 0.3) is 21.1 Å². The maximum absolute atomic E-state index is 12.8. The van der Waals surface area contributed by atoms with E-state index in [-0.39, 0.29) is 55.2 Å². The molecule has 6 heterocycles. The molecular weight excluding hydrogens is 2100 g/mol. The number of thiophene rings is 1. The van der Waals surface area contributed by atoms with Gasteiger partial charge in [-0.15, -0.1) is 11.3 Å². The zero-order valence-electron chi connectivity index (χ0n) is 83.2. The monoisotopic (exact) mass is 2210 g/mol. The topological polar surface area (TPSA) is 30.4 Å². The second-order valence-electron chi connectivity index (χ2n) is 33.8. The van der Waals surface area contributed by atoms with Crippen LogP contribution < -0.4 is 4.74 Å². The van der Waals surface area contributed by atoms with E-state index in [0.29, 0.717) is 40.3 Å². The quantitative estimate of drug-likeness (QED) is 0.125. The molecule has 0 amide bonds. The van der Waals surface area contributed by atoms with Gasteiger partial charge in [0.25, 0.3) is 0 Å². The van der Waals surface area contributed by atoms with Crippen LogP contribution in [0, 0.1) is 155 Å². The maximum atomic E-state index is 12.8. The second kappa shape index (κ2) is 60.6. The number of aromatic nitrogens is 2. The van der Waals surface area contributed by atoms with Crippen LogP contribution >= 0.6 is 116 Å². The maximum Gasteiger partial charge on any atom is 0.417 e. The number of aryl methyl sites for hydroxylation is 19. The van der Waals surface area contributed by atoms with Gasteiger partial charge in [-0.05, 0) is 370 Å². The number of rotatable bonds is 2. The predicted octanol–water partition coefficient (Wildman–Crippen LogP) is 42.2. The predicted molar refractivity (Wildman–Crippen MR) is 587 cm³/mol. The Labute approximate surface area is 896 Å². The Balaban J connectivity index is 0.000000328. The van der Waals surface area contributed by atoms with Crippen LogP contribution in [-0.4, -0.2) is 21.1 Å². The molecule has 1 aliphatic rings. The summed E-state index contributed by atoms with van der Waals surface area (Å²) in [6.07, 6.45) is -5.75. The van der Waals surface area contributed by atoms with Gasteiger partial charge in [-0.3, -0.25) is 4.99 Å². The van der Waals surface area contributed by atoms with Crippen molar-refractivity contribution in [2.45, 2.75) is 177 Å². The number of halogens is 24. The van der Waals surface area contributed by atoms with Crippen LogP contribution in [0.4, 0.5) is 65.9 Å². The van der Waals surface area contributed by atoms with E-state index < -0.39 is 63.8 Å². The molecule has 12 aromatic carbocycles. The molecule has 0 radical (unpaired) electrons. The summed E-state index contributed by atoms with van der Waals surface area (Å²) in [6.45, 7) is 36.6. The highest BCUT2D eigenvalue weighted by Crippen LogP contribution is 2.38. The Morgan fingerprint density at radius 1 is 0.301 bits per heavy atom. The van der Waals surface area contributed by atoms with Crippen LogP contribution in [0.15, 0.2) is 296 Å². The third-order valence-corrected chi connectivity index (χ3v) is 24.7. The minimum atomic E-state index is -4.36. The average Bonchev–Trinajstić information content (AvgIpc) is 1.08. The molecule has 0 atom stereocenters. The molecule has 146 heavy (non-hydrogen) atoms. The summed E-state index contributed by atoms with van der Waals surface area (Å²) < 4.78 is 195. The molecule has 18 rings (SSSR count). The molecular formula is C117H115Cl9F15N3OS. The van der Waals surface area contributed by atoms with E-state index in [1.54, 1.807) is 94.5 Å². The summed E-state index contributed by atoms with van der Waals surface area (Å²) in [5, 5.41) is 6.02. The molecule has 17 aromatic rings. The zero-order chi connectivity index (χ0) is 109. The van der Waals surface area contributed by atoms with Gasteiger partial charge in [0.05, 0.1) is 48.3 Å². The molecule has 5 aromatic heterocycles. The van der Waals surface area contributed by atoms with Gasteiger partial charge in [0.15, 0.2) is 0 Å². The Kier molecular flexibility index (Phi) is 52.9. The van der Waals surface area contributed by atoms with Crippen LogP contribution in [0.1, 0.15) is 148 Å². The van der Waals surface area contributed by atoms with E-state index in [9.17, 15) is 65.9 Å². The number of pyridine rings is 2. The van der Waals surface area contributed by atoms with Gasteiger partial charge in [-0.25, -0.2) is 17.6 Å². The first kappa shape index (κ1) is 127. The lowest BCUT2D eigenvalue weighted by Crippen LogP contribution is -2.19. The molecule has 0 saturated heterocycles. The molecule has 0 spiro atoms. The molecule has 0 saturated carbocycles. The van der Waals surface area contributed by atoms with Crippen molar-refractivity contribution in [3.8, 4) is 5.75 Å². The molecule has 29 heteroatoms. The smallest absolute Gasteiger partial charge is 0.417 e. The Morgan fingerprint density at radius 3 is 1.14 bits per heavy atom. The summed E-state index contributed by atoms with van der Waals surface area (Å²) in [5.41, 5.74) is 20.5. The number of aliphatic imine (C=N–C) groups is 1. The standard InChI is InChI=1S/C9H9ClF2O.2C9H9F3.3C9H9N.C9H8S.C8H6ClF3.3C8H9Cl.C7H5Cl2F.C7H5ClF2.C7H6ClF.CH4/c1-6-3-4-8(7(10)5-6)13-9(2,11)12;2*1-6-3-4-7(2)8(5-6)9(10,11)12;1-7-2-3-8-5-10-6-9(8)4-7;1-8-4-5-9-3-2-6-10(9)7-8;1-8-4-6-10-5-2-3-9(10)7-8;1-7-2-3-8-4-5-10-9(8)6-7;1-5-2-3-6(7(9)4-5)8(10,11)12;3*1-6-3-4-7(2)8(9)5-6;1-4-2-3-5(8)6(9)7(4)10;1-4-2-3-5(9)6(8)7(4)10;1-5-3-2-4-6(8)7(5)9;/h3-5H,1-2H3;2*3-5H,1-2H3;2-4,6H,5H2,1H3;2*2-7H,1H3;2-6H,1H3;2-4H,1H3;3*3-5H,1-2H3;2*2-3H,1H3;2-4H,1H3;1H4. The average molecular weight is 2220 g/mol. The number of ether oxygens (including phenoxy) is 1. The van der Waals surface area contributed by atoms with Crippen LogP contribution in [0.2, 0.25) is 45.2 Å². The molecule has 4 nitrogen and oxygen atoms in total. The first-order valence-corrected chi connectivity index (χ1v) is 48.8. The van der Waals surface area contributed by atoms with Crippen molar-refractivity contribution in [2.24, 2.45) is 4.99 Å². The van der Waals surface area contributed by atoms with Crippen molar-refractivity contribution in [3.05, 3.63) is 493 Å². The number of nitrogens with zero attached hydrogens (tertiary/aromatic N) is 3. The van der Waals surface area contributed by atoms with E-state index in [1.807, 2.05) is 91.1 Å². The van der Waals surface area contributed by atoms with Gasteiger partial charge < -0.3 is 13.5 Å². The van der Waals surface area contributed by atoms with E-state index >= 15 is 0 Å². The highest BCUT2D eigenvalue weighted by molar-refractivity contribution is 7.17. The fourth-order valence-electron chi connectivity index (χ4n) is 12.3. The van der Waals surface area contributed by atoms with E-state index in [4.69, 9.17) is 104 Å². The van der Waals surface area contributed by atoms with Crippen molar-refractivity contribution in [1.29, 1.82) is 0 Å². The summed E-state index contributed by atoms with van der Waals surface area (Å²) in [7, 11) is 0. The molecule has 1 aliphatic heterocycles. The van der Waals surface area contributed by atoms with Gasteiger partial charge in [-0.2, -0.15) is 48.3 Å². The van der Waals surface area contributed by atoms with Gasteiger partial charge in [0, 0.05) is 68.7 Å². The molecule has 0 bridgehead atoms. The number of hydrogen-bond donors (Lipinski definition) is 0. The summed E-state index contributed by atoms with van der Waals surface area (Å²) >= 11 is 52.0. The lowest BCUT2D eigenvalue weighted by atomic mass is 10.1. The molecule has 0 unspecified atom stereocenters. The van der Waals surface area contributed by atoms with Crippen LogP contribution in [0.5, 0.6) is 5.75 Å². The third-order valence-electron chi connectivity index (χ3n) is 20.5. The highest BCUT2D eigenvalue weighted by Gasteiger charge is 2.34. The molecule has 0 fully saturated rings. The molecule has 0 N–H and O–H groups in total. The summed E-state index contributed by atoms with van der Waals surface area (Å²) in [4.78, 5) is 4.17. The molecule has 778 valence electrons. The normalized spacial score (nSPS) is 10.8. The van der Waals surface area contributed by atoms with E-state index in [1.165, 1.54) is 134 Å². The van der Waals surface area contributed by atoms with Crippen molar-refractivity contribution >= 4 is 143 Å². The van der Waals surface area contributed by atoms with Gasteiger partial charge in [0.2, 0.25) is 0 Å². The van der Waals surface area contributed by atoms with Gasteiger partial charge >= 0.3 is 24.6 Å². The minimum Gasteiger partial charge on any atom is -0.431 e. The van der Waals surface area contributed by atoms with E-state index in [0.717, 1.165) is 68.1 Å². The first-order valence-electron chi connectivity index (χ1n) is 44.5. The van der Waals surface area contributed by atoms with Gasteiger partial charge in [-0.1, -0.05) is 262 Å². The number of fused-ring (bicyclic) bond motifs is 4. The summed E-state index contributed by atoms with van der Waals surface area (Å²) in [6, 6.07) is 77.6. The lowest BCUT2D eigenvalue weighted by Gasteiger charge is -2.14. The lowest BCUT2D eigenvalue weighted by molar-refractivity contribution is -0.159. The van der Waals surface area contributed by atoms with Crippen molar-refractivity contribution in [2.75, 3.05) is 0 Å². The Bertz CT molecular complexity index is 6600. The fourth-order valence-corrected chi connectivity index (χ4v) is 15.3. The van der Waals surface area contributed by atoms with Crippen molar-refractivity contribution in [1.82, 2.24) is 8.80 Å². The van der Waals surface area contributed by atoms with Crippen molar-refractivity contribution in [3.63, 3.8) is 0 Å².